The Morgan fingerprint density at radius 3 is 2.36 bits per heavy atom. The first-order valence-corrected chi connectivity index (χ1v) is 9.47. The van der Waals surface area contributed by atoms with Gasteiger partial charge >= 0.3 is 5.97 Å². The minimum Gasteiger partial charge on any atom is -0.452 e. The molecule has 3 aromatic rings. The van der Waals surface area contributed by atoms with E-state index in [2.05, 4.69) is 19.9 Å². The third-order valence-electron chi connectivity index (χ3n) is 5.03. The minimum absolute atomic E-state index is 0.115. The molecule has 4 rings (SSSR count). The first-order chi connectivity index (χ1) is 13.8. The van der Waals surface area contributed by atoms with Crippen LogP contribution < -0.4 is 4.90 Å². The number of anilines is 1. The summed E-state index contributed by atoms with van der Waals surface area (Å²) in [7, 11) is 0. The number of benzene rings is 1. The van der Waals surface area contributed by atoms with E-state index in [9.17, 15) is 4.79 Å². The molecule has 0 radical (unpaired) electrons. The molecule has 1 atom stereocenters. The Morgan fingerprint density at radius 1 is 0.929 bits per heavy atom. The number of carbonyl (C=O) groups excluding carboxylic acids is 1. The van der Waals surface area contributed by atoms with Crippen LogP contribution in [0.1, 0.15) is 30.1 Å². The second-order valence-electron chi connectivity index (χ2n) is 6.84. The molecule has 0 amide bonds. The number of aromatic nitrogens is 3. The van der Waals surface area contributed by atoms with E-state index in [-0.39, 0.29) is 11.9 Å². The van der Waals surface area contributed by atoms with Crippen LogP contribution in [-0.2, 0) is 9.53 Å². The second kappa shape index (κ2) is 8.61. The molecular weight excluding hydrogens is 352 g/mol. The van der Waals surface area contributed by atoms with Gasteiger partial charge in [-0.05, 0) is 24.5 Å². The van der Waals surface area contributed by atoms with Crippen LogP contribution in [0.25, 0.3) is 0 Å². The monoisotopic (exact) mass is 374 g/mol. The van der Waals surface area contributed by atoms with Crippen molar-refractivity contribution in [3.63, 3.8) is 0 Å². The van der Waals surface area contributed by atoms with Gasteiger partial charge in [-0.3, -0.25) is 14.8 Å². The number of rotatable bonds is 5. The Labute approximate surface area is 164 Å². The van der Waals surface area contributed by atoms with Crippen LogP contribution in [0, 0.1) is 5.92 Å². The van der Waals surface area contributed by atoms with Gasteiger partial charge in [0.1, 0.15) is 5.82 Å². The van der Waals surface area contributed by atoms with Crippen molar-refractivity contribution < 1.29 is 9.53 Å². The van der Waals surface area contributed by atoms with Gasteiger partial charge in [0.2, 0.25) is 0 Å². The molecule has 0 bridgehead atoms. The number of esters is 1. The number of piperidine rings is 1. The summed E-state index contributed by atoms with van der Waals surface area (Å²) in [6.45, 7) is 1.53. The maximum atomic E-state index is 12.9. The lowest BCUT2D eigenvalue weighted by atomic mass is 9.96. The highest BCUT2D eigenvalue weighted by Crippen LogP contribution is 2.29. The molecule has 2 aromatic heterocycles. The van der Waals surface area contributed by atoms with E-state index >= 15 is 0 Å². The van der Waals surface area contributed by atoms with Crippen molar-refractivity contribution in [2.75, 3.05) is 18.0 Å². The molecule has 1 aliphatic heterocycles. The second-order valence-corrected chi connectivity index (χ2v) is 6.84. The fraction of sp³-hybridized carbons (Fsp3) is 0.273. The summed E-state index contributed by atoms with van der Waals surface area (Å²) >= 11 is 0. The number of ether oxygens (including phenoxy) is 1. The van der Waals surface area contributed by atoms with E-state index in [0.717, 1.165) is 42.9 Å². The van der Waals surface area contributed by atoms with Crippen molar-refractivity contribution >= 4 is 11.8 Å². The maximum absolute atomic E-state index is 12.9. The SMILES string of the molecule is O=C(O[C@H](c1ccccc1)c1cccnc1)C1CCN(c2cnccn2)CC1. The zero-order valence-corrected chi connectivity index (χ0v) is 15.5. The molecule has 0 aliphatic carbocycles. The molecule has 1 aliphatic rings. The number of nitrogens with zero attached hydrogens (tertiary/aromatic N) is 4. The summed E-state index contributed by atoms with van der Waals surface area (Å²) in [5, 5.41) is 0. The Bertz CT molecular complexity index is 843. The number of hydrogen-bond donors (Lipinski definition) is 0. The van der Waals surface area contributed by atoms with Gasteiger partial charge in [0.15, 0.2) is 6.10 Å². The molecule has 6 heteroatoms. The van der Waals surface area contributed by atoms with Crippen LogP contribution in [0.2, 0.25) is 0 Å². The predicted octanol–water partition coefficient (Wildman–Crippen LogP) is 3.42. The molecular formula is C22H22N4O2. The van der Waals surface area contributed by atoms with Crippen LogP contribution in [0.4, 0.5) is 5.82 Å². The first-order valence-electron chi connectivity index (χ1n) is 9.47. The lowest BCUT2D eigenvalue weighted by molar-refractivity contribution is -0.153. The van der Waals surface area contributed by atoms with Gasteiger partial charge in [-0.15, -0.1) is 0 Å². The Kier molecular flexibility index (Phi) is 5.56. The lowest BCUT2D eigenvalue weighted by Crippen LogP contribution is -2.37. The average Bonchev–Trinajstić information content (AvgIpc) is 2.79. The van der Waals surface area contributed by atoms with Gasteiger partial charge in [-0.1, -0.05) is 36.4 Å². The molecule has 0 N–H and O–H groups in total. The third kappa shape index (κ3) is 4.17. The molecule has 3 heterocycles. The maximum Gasteiger partial charge on any atom is 0.310 e. The molecule has 6 nitrogen and oxygen atoms in total. The quantitative estimate of drug-likeness (QED) is 0.638. The van der Waals surface area contributed by atoms with Gasteiger partial charge in [0.05, 0.1) is 12.1 Å². The smallest absolute Gasteiger partial charge is 0.310 e. The summed E-state index contributed by atoms with van der Waals surface area (Å²) < 4.78 is 5.98. The highest BCUT2D eigenvalue weighted by Gasteiger charge is 2.29. The molecule has 28 heavy (non-hydrogen) atoms. The van der Waals surface area contributed by atoms with Crippen LogP contribution in [0.3, 0.4) is 0 Å². The van der Waals surface area contributed by atoms with E-state index in [1.807, 2.05) is 42.5 Å². The van der Waals surface area contributed by atoms with Crippen molar-refractivity contribution in [3.8, 4) is 0 Å². The van der Waals surface area contributed by atoms with E-state index < -0.39 is 6.10 Å². The molecule has 0 saturated carbocycles. The first kappa shape index (κ1) is 18.1. The summed E-state index contributed by atoms with van der Waals surface area (Å²) in [4.78, 5) is 27.7. The lowest BCUT2D eigenvalue weighted by Gasteiger charge is -2.32. The summed E-state index contributed by atoms with van der Waals surface area (Å²) in [6.07, 6.45) is 9.61. The minimum atomic E-state index is -0.444. The van der Waals surface area contributed by atoms with E-state index in [1.165, 1.54) is 0 Å². The predicted molar refractivity (Wildman–Crippen MR) is 106 cm³/mol. The van der Waals surface area contributed by atoms with Crippen LogP contribution in [0.15, 0.2) is 73.4 Å². The normalized spacial score (nSPS) is 15.8. The summed E-state index contributed by atoms with van der Waals surface area (Å²) in [5.41, 5.74) is 1.82. The third-order valence-corrected chi connectivity index (χ3v) is 5.03. The van der Waals surface area contributed by atoms with Crippen molar-refractivity contribution in [2.45, 2.75) is 18.9 Å². The molecule has 142 valence electrons. The fourth-order valence-electron chi connectivity index (χ4n) is 3.50. The number of hydrogen-bond acceptors (Lipinski definition) is 6. The van der Waals surface area contributed by atoms with Gasteiger partial charge in [0, 0.05) is 43.4 Å². The highest BCUT2D eigenvalue weighted by atomic mass is 16.5. The molecule has 1 aromatic carbocycles. The Morgan fingerprint density at radius 2 is 1.68 bits per heavy atom. The van der Waals surface area contributed by atoms with Crippen molar-refractivity contribution in [2.24, 2.45) is 5.92 Å². The molecule has 1 saturated heterocycles. The highest BCUT2D eigenvalue weighted by molar-refractivity contribution is 5.73. The standard InChI is InChI=1S/C22H22N4O2/c27-22(18-8-13-26(14-9-18)20-16-24-11-12-25-20)28-21(17-5-2-1-3-6-17)19-7-4-10-23-15-19/h1-7,10-12,15-16,18,21H,8-9,13-14H2/t21-/m1/s1. The molecule has 1 fully saturated rings. The number of pyridine rings is 1. The van der Waals surface area contributed by atoms with Crippen LogP contribution in [0.5, 0.6) is 0 Å². The topological polar surface area (TPSA) is 68.2 Å². The zero-order valence-electron chi connectivity index (χ0n) is 15.5. The van der Waals surface area contributed by atoms with E-state index in [0.29, 0.717) is 0 Å². The van der Waals surface area contributed by atoms with Crippen molar-refractivity contribution in [1.82, 2.24) is 15.0 Å². The Balaban J connectivity index is 1.44. The van der Waals surface area contributed by atoms with E-state index in [1.54, 1.807) is 31.0 Å². The van der Waals surface area contributed by atoms with Crippen LogP contribution in [-0.4, -0.2) is 34.0 Å². The fourth-order valence-corrected chi connectivity index (χ4v) is 3.50. The van der Waals surface area contributed by atoms with Gasteiger partial charge in [-0.2, -0.15) is 0 Å². The molecule has 0 unspecified atom stereocenters. The average molecular weight is 374 g/mol. The molecule has 0 spiro atoms. The zero-order chi connectivity index (χ0) is 19.2. The number of carbonyl (C=O) groups is 1. The summed E-state index contributed by atoms with van der Waals surface area (Å²) in [6, 6.07) is 13.6. The Hall–Kier alpha value is -3.28. The van der Waals surface area contributed by atoms with Gasteiger partial charge in [0.25, 0.3) is 0 Å². The van der Waals surface area contributed by atoms with Crippen LogP contribution >= 0.6 is 0 Å². The van der Waals surface area contributed by atoms with Crippen molar-refractivity contribution in [1.29, 1.82) is 0 Å². The van der Waals surface area contributed by atoms with Crippen molar-refractivity contribution in [3.05, 3.63) is 84.6 Å². The van der Waals surface area contributed by atoms with Gasteiger partial charge < -0.3 is 9.64 Å². The van der Waals surface area contributed by atoms with E-state index in [4.69, 9.17) is 4.74 Å². The summed E-state index contributed by atoms with van der Waals surface area (Å²) in [5.74, 6) is 0.583. The largest absolute Gasteiger partial charge is 0.452 e. The van der Waals surface area contributed by atoms with Gasteiger partial charge in [-0.25, -0.2) is 4.98 Å².